The summed E-state index contributed by atoms with van der Waals surface area (Å²) >= 11 is -5.32. The van der Waals surface area contributed by atoms with E-state index in [1.54, 1.807) is 6.92 Å². The van der Waals surface area contributed by atoms with Gasteiger partial charge in [0.1, 0.15) is 24.1 Å². The van der Waals surface area contributed by atoms with Crippen LogP contribution in [0.5, 0.6) is 0 Å². The molecule has 0 radical (unpaired) electrons. The van der Waals surface area contributed by atoms with E-state index in [0.29, 0.717) is 38.5 Å². The van der Waals surface area contributed by atoms with Crippen LogP contribution in [0.15, 0.2) is 11.6 Å². The molecule has 0 aromatic carbocycles. The van der Waals surface area contributed by atoms with Crippen LogP contribution in [0.2, 0.25) is 0 Å². The predicted molar refractivity (Wildman–Crippen MR) is 137 cm³/mol. The molecule has 14 atom stereocenters. The minimum Gasteiger partial charge on any atom is -0.387 e. The lowest BCUT2D eigenvalue weighted by Crippen LogP contribution is -2.61. The molecule has 5 aliphatic rings. The van der Waals surface area contributed by atoms with Crippen molar-refractivity contribution in [2.45, 2.75) is 109 Å². The van der Waals surface area contributed by atoms with Crippen molar-refractivity contribution in [2.24, 2.45) is 28.6 Å². The number of ether oxygens (including phenoxy) is 2. The van der Waals surface area contributed by atoms with Crippen molar-refractivity contribution in [1.29, 1.82) is 0 Å². The van der Waals surface area contributed by atoms with E-state index in [0.717, 1.165) is 6.42 Å². The number of hydrogen-bond acceptors (Lipinski definition) is 11. The molecular formula is C25H38O13S2. The number of hydrogen-bond donors (Lipinski definition) is 4. The second-order valence-corrected chi connectivity index (χ2v) is 13.3. The molecule has 13 nitrogen and oxygen atoms in total. The molecule has 0 aromatic rings. The molecule has 4 fully saturated rings. The average Bonchev–Trinajstić information content (AvgIpc) is 3.20. The van der Waals surface area contributed by atoms with Gasteiger partial charge in [0, 0.05) is 11.8 Å². The molecule has 228 valence electrons. The summed E-state index contributed by atoms with van der Waals surface area (Å²) in [6.07, 6.45) is -0.814. The Morgan fingerprint density at radius 2 is 1.68 bits per heavy atom. The van der Waals surface area contributed by atoms with Crippen LogP contribution in [0.1, 0.15) is 65.7 Å². The lowest BCUT2D eigenvalue weighted by Gasteiger charge is -2.58. The van der Waals surface area contributed by atoms with Crippen LogP contribution in [0.3, 0.4) is 0 Å². The van der Waals surface area contributed by atoms with Crippen molar-refractivity contribution < 1.29 is 60.4 Å². The molecule has 0 spiro atoms. The molecule has 0 aromatic heterocycles. The topological polar surface area (TPSA) is 188 Å². The van der Waals surface area contributed by atoms with E-state index in [-0.39, 0.29) is 29.0 Å². The minimum absolute atomic E-state index is 0.0854. The van der Waals surface area contributed by atoms with Crippen molar-refractivity contribution in [3.63, 3.8) is 0 Å². The number of allylic oxidation sites excluding steroid dienone is 2. The Balaban J connectivity index is 1.41. The van der Waals surface area contributed by atoms with Crippen molar-refractivity contribution in [2.75, 3.05) is 0 Å². The first-order valence-electron chi connectivity index (χ1n) is 13.7. The Bertz CT molecular complexity index is 1060. The van der Waals surface area contributed by atoms with Gasteiger partial charge in [-0.3, -0.25) is 13.9 Å². The third-order valence-corrected chi connectivity index (χ3v) is 10.6. The first-order chi connectivity index (χ1) is 18.8. The highest BCUT2D eigenvalue weighted by Gasteiger charge is 2.60. The molecular weight excluding hydrogens is 572 g/mol. The molecule has 0 amide bonds. The van der Waals surface area contributed by atoms with Gasteiger partial charge in [-0.1, -0.05) is 25.5 Å². The highest BCUT2D eigenvalue weighted by molar-refractivity contribution is 7.74. The molecule has 1 saturated heterocycles. The Morgan fingerprint density at radius 1 is 0.975 bits per heavy atom. The molecule has 13 unspecified atom stereocenters. The van der Waals surface area contributed by atoms with Crippen LogP contribution >= 0.6 is 0 Å². The zero-order chi connectivity index (χ0) is 29.0. The lowest BCUT2D eigenvalue weighted by atomic mass is 9.48. The summed E-state index contributed by atoms with van der Waals surface area (Å²) in [5.41, 5.74) is 0.554. The number of carbonyl (C=O) groups is 1. The van der Waals surface area contributed by atoms with Crippen molar-refractivity contribution in [3.05, 3.63) is 11.6 Å². The van der Waals surface area contributed by atoms with Gasteiger partial charge in [-0.2, -0.15) is 8.42 Å². The summed E-state index contributed by atoms with van der Waals surface area (Å²) in [4.78, 5) is 23.0. The summed E-state index contributed by atoms with van der Waals surface area (Å²) in [6.45, 7) is 5.78. The maximum atomic E-state index is 12.9. The van der Waals surface area contributed by atoms with Crippen molar-refractivity contribution >= 4 is 28.5 Å². The van der Waals surface area contributed by atoms with Gasteiger partial charge in [0.2, 0.25) is 0 Å². The smallest absolute Gasteiger partial charge is 0.331 e. The highest BCUT2D eigenvalue weighted by Crippen LogP contribution is 2.64. The Labute approximate surface area is 237 Å². The molecule has 1 heterocycles. The van der Waals surface area contributed by atoms with Crippen LogP contribution in [-0.2, 0) is 55.4 Å². The van der Waals surface area contributed by atoms with Gasteiger partial charge in [0.05, 0.1) is 18.3 Å². The van der Waals surface area contributed by atoms with Gasteiger partial charge in [-0.05, 0) is 68.6 Å². The fourth-order valence-electron chi connectivity index (χ4n) is 8.12. The SMILES string of the molecule is CC1OC(OC2CC3C(=CCC4(C)C(=O)CCC34)C3(C)CCC(OOS(=O)O)C[C@H]23)C(O)C(O)C1OOS(=O)O. The number of aliphatic hydroxyl groups is 2. The second kappa shape index (κ2) is 11.8. The number of Topliss-reactive ketones (excluding diaryl/α,β-unsaturated/α-hetero) is 1. The van der Waals surface area contributed by atoms with Crippen LogP contribution in [0, 0.1) is 28.6 Å². The van der Waals surface area contributed by atoms with Gasteiger partial charge in [-0.15, -0.1) is 8.67 Å². The Hall–Kier alpha value is -0.690. The Kier molecular flexibility index (Phi) is 9.05. The van der Waals surface area contributed by atoms with E-state index in [1.165, 1.54) is 5.57 Å². The van der Waals surface area contributed by atoms with Crippen LogP contribution in [0.25, 0.3) is 0 Å². The average molecular weight is 611 g/mol. The molecule has 4 N–H and O–H groups in total. The quantitative estimate of drug-likeness (QED) is 0.135. The van der Waals surface area contributed by atoms with Crippen molar-refractivity contribution in [3.8, 4) is 0 Å². The largest absolute Gasteiger partial charge is 0.387 e. The monoisotopic (exact) mass is 610 g/mol. The summed E-state index contributed by atoms with van der Waals surface area (Å²) in [5, 5.41) is 21.6. The number of carbonyl (C=O) groups excluding carboxylic acids is 1. The second-order valence-electron chi connectivity index (χ2n) is 12.2. The van der Waals surface area contributed by atoms with Crippen LogP contribution in [0.4, 0.5) is 0 Å². The van der Waals surface area contributed by atoms with Gasteiger partial charge >= 0.3 is 22.7 Å². The maximum Gasteiger partial charge on any atom is 0.331 e. The van der Waals surface area contributed by atoms with E-state index >= 15 is 0 Å². The van der Waals surface area contributed by atoms with E-state index in [1.807, 2.05) is 0 Å². The van der Waals surface area contributed by atoms with E-state index in [9.17, 15) is 23.4 Å². The molecule has 3 saturated carbocycles. The zero-order valence-electron chi connectivity index (χ0n) is 22.6. The molecule has 15 heteroatoms. The summed E-state index contributed by atoms with van der Waals surface area (Å²) < 4.78 is 60.9. The molecule has 0 bridgehead atoms. The third-order valence-electron chi connectivity index (χ3n) is 10.2. The van der Waals surface area contributed by atoms with Gasteiger partial charge in [0.15, 0.2) is 6.29 Å². The van der Waals surface area contributed by atoms with E-state index in [4.69, 9.17) is 28.4 Å². The van der Waals surface area contributed by atoms with Gasteiger partial charge < -0.3 is 19.7 Å². The molecule has 1 aliphatic heterocycles. The number of ketones is 1. The van der Waals surface area contributed by atoms with Crippen molar-refractivity contribution in [1.82, 2.24) is 0 Å². The first-order valence-corrected chi connectivity index (χ1v) is 15.7. The molecule has 4 aliphatic carbocycles. The minimum atomic E-state index is -2.74. The zero-order valence-corrected chi connectivity index (χ0v) is 24.2. The van der Waals surface area contributed by atoms with E-state index < -0.39 is 71.1 Å². The predicted octanol–water partition coefficient (Wildman–Crippen LogP) is 1.89. The van der Waals surface area contributed by atoms with Crippen LogP contribution < -0.4 is 0 Å². The normalized spacial score (nSPS) is 48.5. The first kappa shape index (κ1) is 30.8. The summed E-state index contributed by atoms with van der Waals surface area (Å²) in [5.74, 6) is 0.378. The summed E-state index contributed by atoms with van der Waals surface area (Å²) in [6, 6.07) is 0. The molecule has 40 heavy (non-hydrogen) atoms. The van der Waals surface area contributed by atoms with Gasteiger partial charge in [-0.25, -0.2) is 9.78 Å². The van der Waals surface area contributed by atoms with Crippen LogP contribution in [-0.4, -0.2) is 76.4 Å². The number of aliphatic hydroxyl groups excluding tert-OH is 2. The number of fused-ring (bicyclic) bond motifs is 5. The standard InChI is InChI=1S/C25H38O13S2/c1-12-22(36-38-40(31)32)20(27)21(28)23(33-12)34-18-11-14-15-4-5-19(26)25(15,3)9-7-16(14)24(2)8-6-13(10-17(18)24)35-37-39(29)30/h7,12-15,17-18,20-23,27-28H,4-6,8-11H2,1-3H3,(H,29,30)(H,31,32)/t12?,13?,14?,15?,17-,18?,20?,21?,22?,23?,24?,25?/m1/s1. The highest BCUT2D eigenvalue weighted by atomic mass is 32.2. The molecule has 5 rings (SSSR count). The maximum absolute atomic E-state index is 12.9. The fourth-order valence-corrected chi connectivity index (χ4v) is 8.45. The third kappa shape index (κ3) is 5.53. The Morgan fingerprint density at radius 3 is 2.38 bits per heavy atom. The number of rotatable bonds is 8. The lowest BCUT2D eigenvalue weighted by molar-refractivity contribution is -0.364. The summed E-state index contributed by atoms with van der Waals surface area (Å²) in [7, 11) is 0. The fraction of sp³-hybridized carbons (Fsp3) is 0.880. The van der Waals surface area contributed by atoms with E-state index in [2.05, 4.69) is 28.6 Å². The van der Waals surface area contributed by atoms with Gasteiger partial charge in [0.25, 0.3) is 0 Å².